The number of allylic oxidation sites excluding steroid dienone is 1. The maximum absolute atomic E-state index is 4.46. The highest BCUT2D eigenvalue weighted by Crippen LogP contribution is 2.73. The zero-order chi connectivity index (χ0) is 10.8. The quantitative estimate of drug-likeness (QED) is 0.513. The first-order valence-electron chi connectivity index (χ1n) is 6.68. The molecule has 0 aromatic carbocycles. The Kier molecular flexibility index (Phi) is 1.79. The summed E-state index contributed by atoms with van der Waals surface area (Å²) >= 11 is 0. The van der Waals surface area contributed by atoms with E-state index in [9.17, 15) is 0 Å². The van der Waals surface area contributed by atoms with Crippen LogP contribution in [0, 0.1) is 28.6 Å². The minimum Gasteiger partial charge on any atom is -0.0993 e. The SMILES string of the molecule is C=C1CC[C@@H]2C[C@H]3[C@@H](C)CC[C@]13C2(C)C. The second-order valence-electron chi connectivity index (χ2n) is 6.89. The van der Waals surface area contributed by atoms with Gasteiger partial charge in [-0.05, 0) is 60.7 Å². The monoisotopic (exact) mass is 204 g/mol. The molecule has 0 nitrogen and oxygen atoms in total. The van der Waals surface area contributed by atoms with E-state index in [4.69, 9.17) is 0 Å². The standard InChI is InChI=1S/C15H24/c1-10-7-8-15-11(2)5-6-12(9-13(10)15)14(15,3)4/h10,12-13H,2,5-9H2,1,3-4H3/t10-,12+,13-,15-/m0/s1. The van der Waals surface area contributed by atoms with Crippen molar-refractivity contribution in [2.45, 2.75) is 52.9 Å². The largest absolute Gasteiger partial charge is 0.0993 e. The predicted octanol–water partition coefficient (Wildman–Crippen LogP) is 4.42. The Morgan fingerprint density at radius 1 is 1.27 bits per heavy atom. The molecule has 3 rings (SSSR count). The minimum absolute atomic E-state index is 0.537. The fourth-order valence-electron chi connectivity index (χ4n) is 5.47. The molecule has 0 aromatic rings. The maximum Gasteiger partial charge on any atom is -0.000607 e. The average Bonchev–Trinajstić information content (AvgIpc) is 2.53. The third-order valence-electron chi connectivity index (χ3n) is 6.45. The summed E-state index contributed by atoms with van der Waals surface area (Å²) in [6.45, 7) is 12.0. The topological polar surface area (TPSA) is 0 Å². The van der Waals surface area contributed by atoms with E-state index in [1.807, 2.05) is 0 Å². The second-order valence-corrected chi connectivity index (χ2v) is 6.89. The molecule has 15 heavy (non-hydrogen) atoms. The summed E-state index contributed by atoms with van der Waals surface area (Å²) in [7, 11) is 0. The molecular formula is C15H24. The van der Waals surface area contributed by atoms with Gasteiger partial charge in [0.2, 0.25) is 0 Å². The Bertz CT molecular complexity index is 312. The van der Waals surface area contributed by atoms with Crippen LogP contribution in [0.4, 0.5) is 0 Å². The highest BCUT2D eigenvalue weighted by atomic mass is 14.7. The van der Waals surface area contributed by atoms with Gasteiger partial charge in [0, 0.05) is 0 Å². The van der Waals surface area contributed by atoms with Crippen molar-refractivity contribution in [3.8, 4) is 0 Å². The van der Waals surface area contributed by atoms with Crippen LogP contribution in [0.5, 0.6) is 0 Å². The lowest BCUT2D eigenvalue weighted by molar-refractivity contribution is 0.0595. The van der Waals surface area contributed by atoms with E-state index < -0.39 is 0 Å². The molecule has 4 atom stereocenters. The second kappa shape index (κ2) is 2.70. The van der Waals surface area contributed by atoms with Gasteiger partial charge in [0.05, 0.1) is 0 Å². The highest BCUT2D eigenvalue weighted by Gasteiger charge is 2.65. The van der Waals surface area contributed by atoms with Crippen LogP contribution in [-0.4, -0.2) is 0 Å². The lowest BCUT2D eigenvalue weighted by Gasteiger charge is -2.50. The molecule has 1 spiro atoms. The molecule has 0 amide bonds. The van der Waals surface area contributed by atoms with Crippen LogP contribution in [0.25, 0.3) is 0 Å². The number of rotatable bonds is 0. The Morgan fingerprint density at radius 2 is 2.00 bits per heavy atom. The van der Waals surface area contributed by atoms with Crippen LogP contribution in [0.3, 0.4) is 0 Å². The Balaban J connectivity index is 2.14. The molecule has 3 saturated carbocycles. The van der Waals surface area contributed by atoms with E-state index in [1.54, 1.807) is 5.57 Å². The average molecular weight is 204 g/mol. The van der Waals surface area contributed by atoms with E-state index in [0.717, 1.165) is 17.8 Å². The molecule has 0 saturated heterocycles. The summed E-state index contributed by atoms with van der Waals surface area (Å²) in [6, 6.07) is 0. The molecule has 0 heteroatoms. The third kappa shape index (κ3) is 0.905. The lowest BCUT2D eigenvalue weighted by Crippen LogP contribution is -2.42. The first-order valence-corrected chi connectivity index (χ1v) is 6.68. The van der Waals surface area contributed by atoms with E-state index >= 15 is 0 Å². The number of hydrogen-bond donors (Lipinski definition) is 0. The zero-order valence-electron chi connectivity index (χ0n) is 10.5. The fraction of sp³-hybridized carbons (Fsp3) is 0.867. The van der Waals surface area contributed by atoms with Crippen molar-refractivity contribution >= 4 is 0 Å². The van der Waals surface area contributed by atoms with Crippen molar-refractivity contribution in [3.05, 3.63) is 12.2 Å². The van der Waals surface area contributed by atoms with Crippen molar-refractivity contribution in [2.75, 3.05) is 0 Å². The molecule has 3 fully saturated rings. The number of fused-ring (bicyclic) bond motifs is 1. The van der Waals surface area contributed by atoms with Crippen LogP contribution < -0.4 is 0 Å². The molecule has 0 aliphatic heterocycles. The van der Waals surface area contributed by atoms with Crippen molar-refractivity contribution in [3.63, 3.8) is 0 Å². The van der Waals surface area contributed by atoms with Crippen molar-refractivity contribution in [2.24, 2.45) is 28.6 Å². The summed E-state index contributed by atoms with van der Waals surface area (Å²) in [5.74, 6) is 2.90. The van der Waals surface area contributed by atoms with Crippen LogP contribution in [0.2, 0.25) is 0 Å². The van der Waals surface area contributed by atoms with Crippen LogP contribution in [0.15, 0.2) is 12.2 Å². The Hall–Kier alpha value is -0.260. The molecule has 0 heterocycles. The number of hydrogen-bond acceptors (Lipinski definition) is 0. The van der Waals surface area contributed by atoms with E-state index in [-0.39, 0.29) is 0 Å². The van der Waals surface area contributed by atoms with Crippen molar-refractivity contribution < 1.29 is 0 Å². The molecule has 3 aliphatic carbocycles. The van der Waals surface area contributed by atoms with Gasteiger partial charge in [-0.2, -0.15) is 0 Å². The molecule has 0 N–H and O–H groups in total. The Morgan fingerprint density at radius 3 is 2.73 bits per heavy atom. The summed E-state index contributed by atoms with van der Waals surface area (Å²) < 4.78 is 0. The third-order valence-corrected chi connectivity index (χ3v) is 6.45. The van der Waals surface area contributed by atoms with Gasteiger partial charge in [0.1, 0.15) is 0 Å². The smallest absolute Gasteiger partial charge is 0.000607 e. The summed E-state index contributed by atoms with van der Waals surface area (Å²) in [6.07, 6.45) is 7.10. The molecular weight excluding hydrogens is 180 g/mol. The van der Waals surface area contributed by atoms with Gasteiger partial charge in [-0.3, -0.25) is 0 Å². The highest BCUT2D eigenvalue weighted by molar-refractivity contribution is 5.28. The molecule has 84 valence electrons. The van der Waals surface area contributed by atoms with Gasteiger partial charge in [-0.1, -0.05) is 32.9 Å². The van der Waals surface area contributed by atoms with Gasteiger partial charge in [-0.25, -0.2) is 0 Å². The fourth-order valence-corrected chi connectivity index (χ4v) is 5.47. The van der Waals surface area contributed by atoms with Crippen molar-refractivity contribution in [1.29, 1.82) is 0 Å². The molecule has 0 unspecified atom stereocenters. The van der Waals surface area contributed by atoms with Gasteiger partial charge < -0.3 is 0 Å². The normalized spacial score (nSPS) is 51.9. The van der Waals surface area contributed by atoms with Crippen LogP contribution in [-0.2, 0) is 0 Å². The van der Waals surface area contributed by atoms with Gasteiger partial charge in [-0.15, -0.1) is 0 Å². The zero-order valence-corrected chi connectivity index (χ0v) is 10.5. The summed E-state index contributed by atoms with van der Waals surface area (Å²) in [5, 5.41) is 0. The molecule has 2 bridgehead atoms. The molecule has 3 aliphatic rings. The van der Waals surface area contributed by atoms with Gasteiger partial charge in [0.25, 0.3) is 0 Å². The maximum atomic E-state index is 4.46. The summed E-state index contributed by atoms with van der Waals surface area (Å²) in [4.78, 5) is 0. The Labute approximate surface area is 94.1 Å². The van der Waals surface area contributed by atoms with E-state index in [2.05, 4.69) is 27.4 Å². The first-order chi connectivity index (χ1) is 7.00. The van der Waals surface area contributed by atoms with Crippen LogP contribution >= 0.6 is 0 Å². The minimum atomic E-state index is 0.537. The van der Waals surface area contributed by atoms with Gasteiger partial charge >= 0.3 is 0 Å². The lowest BCUT2D eigenvalue weighted by atomic mass is 9.54. The van der Waals surface area contributed by atoms with Gasteiger partial charge in [0.15, 0.2) is 0 Å². The van der Waals surface area contributed by atoms with Crippen molar-refractivity contribution in [1.82, 2.24) is 0 Å². The summed E-state index contributed by atoms with van der Waals surface area (Å²) in [5.41, 5.74) is 2.68. The predicted molar refractivity (Wildman–Crippen MR) is 64.6 cm³/mol. The van der Waals surface area contributed by atoms with E-state index in [1.165, 1.54) is 32.1 Å². The molecule has 0 aromatic heterocycles. The first kappa shape index (κ1) is 9.93. The molecule has 0 radical (unpaired) electrons. The van der Waals surface area contributed by atoms with Crippen LogP contribution in [0.1, 0.15) is 52.9 Å². The van der Waals surface area contributed by atoms with E-state index in [0.29, 0.717) is 10.8 Å².